The largest absolute Gasteiger partial charge is 0.387 e. The molecule has 2 N–H and O–H groups in total. The zero-order valence-electron chi connectivity index (χ0n) is 7.42. The van der Waals surface area contributed by atoms with Crippen LogP contribution in [0.2, 0.25) is 0 Å². The van der Waals surface area contributed by atoms with E-state index in [0.29, 0.717) is 12.0 Å². The quantitative estimate of drug-likeness (QED) is 0.677. The predicted octanol–water partition coefficient (Wildman–Crippen LogP) is 1.00. The van der Waals surface area contributed by atoms with Crippen LogP contribution in [-0.4, -0.2) is 18.2 Å². The molecule has 0 aliphatic heterocycles. The second-order valence-corrected chi connectivity index (χ2v) is 3.36. The van der Waals surface area contributed by atoms with E-state index in [1.54, 1.807) is 13.1 Å². The summed E-state index contributed by atoms with van der Waals surface area (Å²) >= 11 is 0. The minimum atomic E-state index is -0.707. The molecular weight excluding hydrogens is 169 g/mol. The molecule has 2 rings (SSSR count). The van der Waals surface area contributed by atoms with Gasteiger partial charge in [-0.1, -0.05) is 12.1 Å². The van der Waals surface area contributed by atoms with Gasteiger partial charge in [0.1, 0.15) is 5.82 Å². The van der Waals surface area contributed by atoms with Crippen LogP contribution >= 0.6 is 0 Å². The van der Waals surface area contributed by atoms with Gasteiger partial charge in [0.25, 0.3) is 0 Å². The third-order valence-electron chi connectivity index (χ3n) is 2.63. The summed E-state index contributed by atoms with van der Waals surface area (Å²) < 4.78 is 13.3. The summed E-state index contributed by atoms with van der Waals surface area (Å²) in [7, 11) is 1.78. The number of nitrogens with one attached hydrogen (secondary N) is 1. The standard InChI is InChI=1S/C10H12FNO/c1-12-8-5-6-3-2-4-7(11)9(6)10(8)13/h2-4,8,10,12-13H,5H2,1H3. The van der Waals surface area contributed by atoms with Gasteiger partial charge in [-0.15, -0.1) is 0 Å². The first kappa shape index (κ1) is 8.66. The summed E-state index contributed by atoms with van der Waals surface area (Å²) in [6.45, 7) is 0. The summed E-state index contributed by atoms with van der Waals surface area (Å²) in [5.41, 5.74) is 1.37. The van der Waals surface area contributed by atoms with Gasteiger partial charge in [0.2, 0.25) is 0 Å². The van der Waals surface area contributed by atoms with Crippen LogP contribution in [0.4, 0.5) is 4.39 Å². The molecule has 1 aliphatic carbocycles. The van der Waals surface area contributed by atoms with Crippen molar-refractivity contribution >= 4 is 0 Å². The van der Waals surface area contributed by atoms with E-state index in [1.165, 1.54) is 6.07 Å². The molecule has 0 amide bonds. The number of rotatable bonds is 1. The van der Waals surface area contributed by atoms with E-state index in [4.69, 9.17) is 0 Å². The summed E-state index contributed by atoms with van der Waals surface area (Å²) in [6, 6.07) is 4.88. The van der Waals surface area contributed by atoms with Gasteiger partial charge < -0.3 is 10.4 Å². The second-order valence-electron chi connectivity index (χ2n) is 3.36. The molecule has 0 aromatic heterocycles. The van der Waals surface area contributed by atoms with Crippen LogP contribution in [0.25, 0.3) is 0 Å². The fourth-order valence-electron chi connectivity index (χ4n) is 1.90. The Morgan fingerprint density at radius 3 is 2.92 bits per heavy atom. The van der Waals surface area contributed by atoms with Gasteiger partial charge >= 0.3 is 0 Å². The normalized spacial score (nSPS) is 26.1. The molecule has 0 fully saturated rings. The molecule has 70 valence electrons. The summed E-state index contributed by atoms with van der Waals surface area (Å²) in [5.74, 6) is -0.303. The number of fused-ring (bicyclic) bond motifs is 1. The van der Waals surface area contributed by atoms with E-state index in [0.717, 1.165) is 5.56 Å². The molecule has 0 spiro atoms. The molecule has 0 radical (unpaired) electrons. The Hall–Kier alpha value is -0.930. The maximum Gasteiger partial charge on any atom is 0.129 e. The van der Waals surface area contributed by atoms with Gasteiger partial charge in [-0.25, -0.2) is 4.39 Å². The number of likely N-dealkylation sites (N-methyl/N-ethyl adjacent to an activating group) is 1. The lowest BCUT2D eigenvalue weighted by atomic mass is 10.1. The topological polar surface area (TPSA) is 32.3 Å². The number of aliphatic hydroxyl groups is 1. The molecule has 3 heteroatoms. The zero-order valence-corrected chi connectivity index (χ0v) is 7.42. The average molecular weight is 181 g/mol. The van der Waals surface area contributed by atoms with Crippen LogP contribution in [0.3, 0.4) is 0 Å². The first-order chi connectivity index (χ1) is 6.24. The van der Waals surface area contributed by atoms with Crippen LogP contribution in [0.1, 0.15) is 17.2 Å². The number of hydrogen-bond donors (Lipinski definition) is 2. The Kier molecular flexibility index (Phi) is 2.06. The molecule has 0 heterocycles. The number of halogens is 1. The molecule has 0 bridgehead atoms. The highest BCUT2D eigenvalue weighted by molar-refractivity contribution is 5.37. The summed E-state index contributed by atoms with van der Waals surface area (Å²) in [5, 5.41) is 12.7. The van der Waals surface area contributed by atoms with Gasteiger partial charge in [0.15, 0.2) is 0 Å². The predicted molar refractivity (Wildman–Crippen MR) is 47.9 cm³/mol. The first-order valence-electron chi connectivity index (χ1n) is 4.36. The second kappa shape index (κ2) is 3.09. The molecule has 2 nitrogen and oxygen atoms in total. The molecule has 1 aromatic carbocycles. The highest BCUT2D eigenvalue weighted by atomic mass is 19.1. The van der Waals surface area contributed by atoms with E-state index >= 15 is 0 Å². The molecule has 0 saturated heterocycles. The maximum absolute atomic E-state index is 13.3. The minimum Gasteiger partial charge on any atom is -0.387 e. The molecule has 13 heavy (non-hydrogen) atoms. The van der Waals surface area contributed by atoms with Crippen molar-refractivity contribution in [2.24, 2.45) is 0 Å². The van der Waals surface area contributed by atoms with E-state index in [9.17, 15) is 9.50 Å². The van der Waals surface area contributed by atoms with Crippen molar-refractivity contribution < 1.29 is 9.50 Å². The minimum absolute atomic E-state index is 0.0492. The lowest BCUT2D eigenvalue weighted by Crippen LogP contribution is -2.29. The van der Waals surface area contributed by atoms with E-state index < -0.39 is 6.10 Å². The lowest BCUT2D eigenvalue weighted by molar-refractivity contribution is 0.142. The molecule has 1 aliphatic rings. The van der Waals surface area contributed by atoms with Gasteiger partial charge in [-0.2, -0.15) is 0 Å². The number of aliphatic hydroxyl groups excluding tert-OH is 1. The maximum atomic E-state index is 13.3. The number of benzene rings is 1. The fourth-order valence-corrected chi connectivity index (χ4v) is 1.90. The highest BCUT2D eigenvalue weighted by Crippen LogP contribution is 2.32. The molecule has 2 atom stereocenters. The van der Waals surface area contributed by atoms with Crippen molar-refractivity contribution in [1.29, 1.82) is 0 Å². The monoisotopic (exact) mass is 181 g/mol. The van der Waals surface area contributed by atoms with Crippen molar-refractivity contribution in [2.45, 2.75) is 18.6 Å². The van der Waals surface area contributed by atoms with Gasteiger partial charge in [-0.05, 0) is 25.1 Å². The Morgan fingerprint density at radius 2 is 2.31 bits per heavy atom. The third-order valence-corrected chi connectivity index (χ3v) is 2.63. The Balaban J connectivity index is 2.44. The molecular formula is C10H12FNO. The summed E-state index contributed by atoms with van der Waals surface area (Å²) in [4.78, 5) is 0. The van der Waals surface area contributed by atoms with E-state index in [1.807, 2.05) is 6.07 Å². The van der Waals surface area contributed by atoms with Gasteiger partial charge in [0, 0.05) is 11.6 Å². The third kappa shape index (κ3) is 1.24. The molecule has 1 aromatic rings. The van der Waals surface area contributed by atoms with Crippen LogP contribution in [0.15, 0.2) is 18.2 Å². The van der Waals surface area contributed by atoms with E-state index in [-0.39, 0.29) is 11.9 Å². The average Bonchev–Trinajstić information content (AvgIpc) is 2.44. The SMILES string of the molecule is CNC1Cc2cccc(F)c2C1O. The van der Waals surface area contributed by atoms with Crippen molar-refractivity contribution in [3.8, 4) is 0 Å². The van der Waals surface area contributed by atoms with Gasteiger partial charge in [0.05, 0.1) is 6.10 Å². The molecule has 0 saturated carbocycles. The van der Waals surface area contributed by atoms with Crippen molar-refractivity contribution in [3.05, 3.63) is 35.1 Å². The van der Waals surface area contributed by atoms with Crippen molar-refractivity contribution in [3.63, 3.8) is 0 Å². The van der Waals surface area contributed by atoms with E-state index in [2.05, 4.69) is 5.32 Å². The van der Waals surface area contributed by atoms with Crippen LogP contribution in [0, 0.1) is 5.82 Å². The zero-order chi connectivity index (χ0) is 9.42. The van der Waals surface area contributed by atoms with Crippen LogP contribution in [0.5, 0.6) is 0 Å². The van der Waals surface area contributed by atoms with Crippen molar-refractivity contribution in [1.82, 2.24) is 5.32 Å². The fraction of sp³-hybridized carbons (Fsp3) is 0.400. The smallest absolute Gasteiger partial charge is 0.129 e. The number of hydrogen-bond acceptors (Lipinski definition) is 2. The Labute approximate surface area is 76.4 Å². The lowest BCUT2D eigenvalue weighted by Gasteiger charge is -2.13. The van der Waals surface area contributed by atoms with Crippen molar-refractivity contribution in [2.75, 3.05) is 7.05 Å². The summed E-state index contributed by atoms with van der Waals surface area (Å²) in [6.07, 6.45) is -0.00806. The Bertz CT molecular complexity index is 327. The highest BCUT2D eigenvalue weighted by Gasteiger charge is 2.31. The first-order valence-corrected chi connectivity index (χ1v) is 4.36. The van der Waals surface area contributed by atoms with Gasteiger partial charge in [-0.3, -0.25) is 0 Å². The van der Waals surface area contributed by atoms with Crippen LogP contribution < -0.4 is 5.32 Å². The molecule has 2 unspecified atom stereocenters. The van der Waals surface area contributed by atoms with Crippen LogP contribution in [-0.2, 0) is 6.42 Å². The Morgan fingerprint density at radius 1 is 1.54 bits per heavy atom.